The summed E-state index contributed by atoms with van der Waals surface area (Å²) in [5.41, 5.74) is 0.696. The lowest BCUT2D eigenvalue weighted by atomic mass is 10.0. The number of rotatable bonds is 12. The maximum atomic E-state index is 13.8. The van der Waals surface area contributed by atoms with E-state index in [4.69, 9.17) is 16.3 Å². The molecule has 4 aromatic carbocycles. The Labute approximate surface area is 254 Å². The van der Waals surface area contributed by atoms with Gasteiger partial charge in [-0.1, -0.05) is 61.0 Å². The Balaban J connectivity index is 1.79. The van der Waals surface area contributed by atoms with Crippen molar-refractivity contribution in [2.75, 3.05) is 11.4 Å². The van der Waals surface area contributed by atoms with Gasteiger partial charge in [-0.05, 0) is 72.1 Å². The SMILES string of the molecule is CCc1cc(OC(c2cccc(OC(F)(F)C(F)F)c2)N(CC(O)c2ccc(C(F)(F)F)cc2)c2ccccc2)ccc1Cl. The fourth-order valence-corrected chi connectivity index (χ4v) is 4.66. The molecule has 2 unspecified atom stereocenters. The second-order valence-electron chi connectivity index (χ2n) is 9.74. The molecule has 1 N–H and O–H groups in total. The molecule has 234 valence electrons. The first-order valence-corrected chi connectivity index (χ1v) is 13.7. The van der Waals surface area contributed by atoms with Crippen LogP contribution in [0.4, 0.5) is 36.4 Å². The molecule has 4 nitrogen and oxygen atoms in total. The number of alkyl halides is 7. The van der Waals surface area contributed by atoms with Crippen molar-refractivity contribution in [1.82, 2.24) is 0 Å². The molecule has 4 rings (SSSR count). The summed E-state index contributed by atoms with van der Waals surface area (Å²) in [6.45, 7) is 1.63. The first-order valence-electron chi connectivity index (χ1n) is 13.4. The zero-order chi connectivity index (χ0) is 32.1. The van der Waals surface area contributed by atoms with Crippen LogP contribution in [0.2, 0.25) is 5.02 Å². The topological polar surface area (TPSA) is 41.9 Å². The van der Waals surface area contributed by atoms with E-state index in [0.717, 1.165) is 42.0 Å². The van der Waals surface area contributed by atoms with Gasteiger partial charge in [0.1, 0.15) is 11.5 Å². The van der Waals surface area contributed by atoms with Gasteiger partial charge in [0, 0.05) is 16.3 Å². The zero-order valence-corrected chi connectivity index (χ0v) is 23.9. The van der Waals surface area contributed by atoms with E-state index in [1.807, 2.05) is 6.92 Å². The molecular weight excluding hydrogens is 615 g/mol. The minimum atomic E-state index is -4.76. The molecule has 0 amide bonds. The number of hydrogen-bond acceptors (Lipinski definition) is 4. The molecule has 0 saturated heterocycles. The number of aliphatic hydroxyl groups is 1. The van der Waals surface area contributed by atoms with Gasteiger partial charge in [0.2, 0.25) is 0 Å². The molecule has 0 bridgehead atoms. The lowest BCUT2D eigenvalue weighted by Gasteiger charge is -2.36. The second-order valence-corrected chi connectivity index (χ2v) is 10.1. The van der Waals surface area contributed by atoms with E-state index < -0.39 is 42.4 Å². The summed E-state index contributed by atoms with van der Waals surface area (Å²) in [7, 11) is 0. The number of hydrogen-bond donors (Lipinski definition) is 1. The monoisotopic (exact) mass is 641 g/mol. The third-order valence-electron chi connectivity index (χ3n) is 6.66. The lowest BCUT2D eigenvalue weighted by Crippen LogP contribution is -2.36. The van der Waals surface area contributed by atoms with Crippen molar-refractivity contribution in [2.45, 2.75) is 44.4 Å². The van der Waals surface area contributed by atoms with Gasteiger partial charge in [-0.3, -0.25) is 0 Å². The van der Waals surface area contributed by atoms with Crippen LogP contribution in [-0.2, 0) is 12.6 Å². The highest BCUT2D eigenvalue weighted by Gasteiger charge is 2.44. The third-order valence-corrected chi connectivity index (χ3v) is 7.03. The number of anilines is 1. The molecule has 0 radical (unpaired) electrons. The molecule has 0 heterocycles. The molecule has 0 aliphatic rings. The highest BCUT2D eigenvalue weighted by atomic mass is 35.5. The van der Waals surface area contributed by atoms with Crippen LogP contribution in [0.25, 0.3) is 0 Å². The van der Waals surface area contributed by atoms with E-state index in [0.29, 0.717) is 22.9 Å². The molecule has 0 saturated carbocycles. The number of ether oxygens (including phenoxy) is 2. The van der Waals surface area contributed by atoms with Gasteiger partial charge in [-0.15, -0.1) is 0 Å². The number of benzene rings is 4. The summed E-state index contributed by atoms with van der Waals surface area (Å²) in [5.74, 6) is -0.256. The lowest BCUT2D eigenvalue weighted by molar-refractivity contribution is -0.253. The Morgan fingerprint density at radius 2 is 1.48 bits per heavy atom. The Bertz CT molecular complexity index is 1520. The van der Waals surface area contributed by atoms with E-state index in [1.54, 1.807) is 53.4 Å². The van der Waals surface area contributed by atoms with Gasteiger partial charge in [0.15, 0.2) is 6.23 Å². The van der Waals surface area contributed by atoms with Gasteiger partial charge in [-0.25, -0.2) is 0 Å². The van der Waals surface area contributed by atoms with E-state index >= 15 is 0 Å². The summed E-state index contributed by atoms with van der Waals surface area (Å²) in [5, 5.41) is 11.7. The van der Waals surface area contributed by atoms with Crippen LogP contribution in [-0.4, -0.2) is 24.2 Å². The summed E-state index contributed by atoms with van der Waals surface area (Å²) in [6, 6.07) is 22.4. The van der Waals surface area contributed by atoms with Gasteiger partial charge < -0.3 is 19.5 Å². The maximum absolute atomic E-state index is 13.8. The van der Waals surface area contributed by atoms with Crippen molar-refractivity contribution in [3.63, 3.8) is 0 Å². The van der Waals surface area contributed by atoms with Crippen LogP contribution in [0.1, 0.15) is 41.5 Å². The molecule has 0 fully saturated rings. The number of nitrogens with zero attached hydrogens (tertiary/aromatic N) is 1. The van der Waals surface area contributed by atoms with Gasteiger partial charge in [0.25, 0.3) is 0 Å². The molecule has 0 aliphatic heterocycles. The van der Waals surface area contributed by atoms with Crippen LogP contribution in [0, 0.1) is 0 Å². The van der Waals surface area contributed by atoms with Crippen LogP contribution < -0.4 is 14.4 Å². The molecular formula is C32H27ClF7NO3. The molecule has 4 aromatic rings. The van der Waals surface area contributed by atoms with Crippen molar-refractivity contribution in [2.24, 2.45) is 0 Å². The van der Waals surface area contributed by atoms with E-state index in [1.165, 1.54) is 12.1 Å². The van der Waals surface area contributed by atoms with Crippen LogP contribution in [0.15, 0.2) is 97.1 Å². The van der Waals surface area contributed by atoms with Crippen LogP contribution in [0.5, 0.6) is 11.5 Å². The fraction of sp³-hybridized carbons (Fsp3) is 0.250. The Hall–Kier alpha value is -3.96. The van der Waals surface area contributed by atoms with Crippen LogP contribution >= 0.6 is 11.6 Å². The average molecular weight is 642 g/mol. The summed E-state index contributed by atoms with van der Waals surface area (Å²) in [4.78, 5) is 1.56. The molecule has 2 atom stereocenters. The minimum absolute atomic E-state index is 0.172. The Morgan fingerprint density at radius 1 is 0.795 bits per heavy atom. The summed E-state index contributed by atoms with van der Waals surface area (Å²) >= 11 is 6.27. The minimum Gasteiger partial charge on any atom is -0.466 e. The first kappa shape index (κ1) is 32.9. The zero-order valence-electron chi connectivity index (χ0n) is 23.1. The second kappa shape index (κ2) is 13.8. The Morgan fingerprint density at radius 3 is 2.09 bits per heavy atom. The van der Waals surface area contributed by atoms with Gasteiger partial charge in [0.05, 0.1) is 18.2 Å². The highest BCUT2D eigenvalue weighted by molar-refractivity contribution is 6.31. The Kier molecular flexibility index (Phi) is 10.3. The number of halogens is 8. The van der Waals surface area contributed by atoms with Crippen molar-refractivity contribution in [3.05, 3.63) is 124 Å². The maximum Gasteiger partial charge on any atom is 0.461 e. The van der Waals surface area contributed by atoms with Crippen molar-refractivity contribution in [1.29, 1.82) is 0 Å². The van der Waals surface area contributed by atoms with Crippen molar-refractivity contribution in [3.8, 4) is 11.5 Å². The predicted octanol–water partition coefficient (Wildman–Crippen LogP) is 9.48. The van der Waals surface area contributed by atoms with Crippen molar-refractivity contribution >= 4 is 17.3 Å². The third kappa shape index (κ3) is 8.15. The van der Waals surface area contributed by atoms with E-state index in [-0.39, 0.29) is 17.7 Å². The predicted molar refractivity (Wildman–Crippen MR) is 152 cm³/mol. The smallest absolute Gasteiger partial charge is 0.461 e. The highest BCUT2D eigenvalue weighted by Crippen LogP contribution is 2.37. The molecule has 0 aromatic heterocycles. The van der Waals surface area contributed by atoms with E-state index in [9.17, 15) is 35.8 Å². The molecule has 0 aliphatic carbocycles. The number of aliphatic hydroxyl groups excluding tert-OH is 1. The first-order chi connectivity index (χ1) is 20.8. The standard InChI is InChI=1S/C32H27ClF7NO3/c1-2-20-17-25(15-16-27(20)33)43-29(22-7-6-10-26(18-22)44-32(39,40)30(34)35)41(24-8-4-3-5-9-24)19-28(42)21-11-13-23(14-12-21)31(36,37)38/h3-18,28-30,42H,2,19H2,1H3. The molecule has 0 spiro atoms. The van der Waals surface area contributed by atoms with E-state index in [2.05, 4.69) is 4.74 Å². The van der Waals surface area contributed by atoms with Crippen LogP contribution in [0.3, 0.4) is 0 Å². The molecule has 44 heavy (non-hydrogen) atoms. The number of aryl methyl sites for hydroxylation is 1. The largest absolute Gasteiger partial charge is 0.466 e. The fourth-order valence-electron chi connectivity index (χ4n) is 4.41. The molecule has 12 heteroatoms. The average Bonchev–Trinajstić information content (AvgIpc) is 2.99. The van der Waals surface area contributed by atoms with Crippen molar-refractivity contribution < 1.29 is 45.3 Å². The summed E-state index contributed by atoms with van der Waals surface area (Å²) in [6.07, 6.45) is -15.4. The van der Waals surface area contributed by atoms with Gasteiger partial charge >= 0.3 is 18.7 Å². The summed E-state index contributed by atoms with van der Waals surface area (Å²) < 4.78 is 103. The normalized spacial score (nSPS) is 13.4. The quantitative estimate of drug-likeness (QED) is 0.124. The van der Waals surface area contributed by atoms with Gasteiger partial charge in [-0.2, -0.15) is 30.7 Å². The number of para-hydroxylation sites is 1.